The van der Waals surface area contributed by atoms with Gasteiger partial charge in [-0.2, -0.15) is 0 Å². The van der Waals surface area contributed by atoms with Gasteiger partial charge in [-0.1, -0.05) is 48.9 Å². The normalized spacial score (nSPS) is 33.9. The standard InChI is InChI=1S/C20H25NO/c22-20(12-7-15-21-13-4-1-5-14-21)18-10-3-2-8-16(18)17-9-6-11-19(17)20/h2-3,8,10,17,19,22H,1,4-6,9,11,13-15H2/t17-,19-,20+/m1/s1. The number of rotatable bonds is 1. The van der Waals surface area contributed by atoms with Gasteiger partial charge in [0, 0.05) is 5.92 Å². The number of hydrogen-bond donors (Lipinski definition) is 1. The molecule has 1 saturated heterocycles. The molecule has 2 nitrogen and oxygen atoms in total. The molecule has 1 N–H and O–H groups in total. The summed E-state index contributed by atoms with van der Waals surface area (Å²) in [6.45, 7) is 3.13. The minimum atomic E-state index is -0.909. The minimum Gasteiger partial charge on any atom is -0.373 e. The molecule has 1 heterocycles. The fourth-order valence-electron chi connectivity index (χ4n) is 4.76. The van der Waals surface area contributed by atoms with Crippen molar-refractivity contribution in [3.05, 3.63) is 35.4 Å². The quantitative estimate of drug-likeness (QED) is 0.804. The van der Waals surface area contributed by atoms with Crippen LogP contribution >= 0.6 is 0 Å². The van der Waals surface area contributed by atoms with Crippen LogP contribution in [0.15, 0.2) is 24.3 Å². The van der Waals surface area contributed by atoms with Gasteiger partial charge in [0.25, 0.3) is 0 Å². The van der Waals surface area contributed by atoms with E-state index in [4.69, 9.17) is 0 Å². The Morgan fingerprint density at radius 3 is 2.77 bits per heavy atom. The van der Waals surface area contributed by atoms with Crippen LogP contribution in [0.1, 0.15) is 55.6 Å². The zero-order chi connectivity index (χ0) is 15.0. The first kappa shape index (κ1) is 14.3. The third kappa shape index (κ3) is 2.28. The summed E-state index contributed by atoms with van der Waals surface area (Å²) in [5, 5.41) is 11.4. The van der Waals surface area contributed by atoms with Crippen molar-refractivity contribution in [2.75, 3.05) is 19.6 Å². The van der Waals surface area contributed by atoms with Gasteiger partial charge in [0.2, 0.25) is 0 Å². The number of aliphatic hydroxyl groups is 1. The van der Waals surface area contributed by atoms with Gasteiger partial charge in [0.05, 0.1) is 6.54 Å². The molecule has 3 aliphatic rings. The second-order valence-corrected chi connectivity index (χ2v) is 7.14. The Bertz CT molecular complexity index is 608. The summed E-state index contributed by atoms with van der Waals surface area (Å²) in [5.41, 5.74) is 1.52. The SMILES string of the molecule is O[C@@]1(C#CCN2CCCCC2)c2ccccc2[C@H]2CCC[C@H]21. The monoisotopic (exact) mass is 295 g/mol. The lowest BCUT2D eigenvalue weighted by atomic mass is 9.85. The Kier molecular flexibility index (Phi) is 3.72. The summed E-state index contributed by atoms with van der Waals surface area (Å²) in [4.78, 5) is 2.42. The van der Waals surface area contributed by atoms with Crippen molar-refractivity contribution >= 4 is 0 Å². The zero-order valence-electron chi connectivity index (χ0n) is 13.2. The van der Waals surface area contributed by atoms with Crippen LogP contribution in [0.2, 0.25) is 0 Å². The second kappa shape index (κ2) is 5.72. The largest absolute Gasteiger partial charge is 0.373 e. The molecule has 1 aromatic rings. The molecule has 0 spiro atoms. The molecule has 2 fully saturated rings. The highest BCUT2D eigenvalue weighted by molar-refractivity contribution is 5.48. The molecular formula is C20H25NO. The molecular weight excluding hydrogens is 270 g/mol. The summed E-state index contributed by atoms with van der Waals surface area (Å²) < 4.78 is 0. The second-order valence-electron chi connectivity index (χ2n) is 7.14. The van der Waals surface area contributed by atoms with Crippen molar-refractivity contribution < 1.29 is 5.11 Å². The molecule has 0 aromatic heterocycles. The lowest BCUT2D eigenvalue weighted by Crippen LogP contribution is -2.32. The lowest BCUT2D eigenvalue weighted by Gasteiger charge is -2.26. The predicted molar refractivity (Wildman–Crippen MR) is 88.5 cm³/mol. The Labute approximate surface area is 133 Å². The molecule has 2 heteroatoms. The molecule has 0 amide bonds. The first-order valence-corrected chi connectivity index (χ1v) is 8.83. The molecule has 1 aliphatic heterocycles. The Hall–Kier alpha value is -1.30. The van der Waals surface area contributed by atoms with Gasteiger partial charge in [0.1, 0.15) is 0 Å². The number of hydrogen-bond acceptors (Lipinski definition) is 2. The van der Waals surface area contributed by atoms with Gasteiger partial charge < -0.3 is 5.11 Å². The van der Waals surface area contributed by atoms with E-state index in [1.807, 2.05) is 6.07 Å². The molecule has 22 heavy (non-hydrogen) atoms. The van der Waals surface area contributed by atoms with E-state index in [2.05, 4.69) is 34.9 Å². The van der Waals surface area contributed by atoms with Crippen LogP contribution in [-0.4, -0.2) is 29.6 Å². The molecule has 116 valence electrons. The smallest absolute Gasteiger partial charge is 0.154 e. The first-order chi connectivity index (χ1) is 10.8. The van der Waals surface area contributed by atoms with E-state index in [1.165, 1.54) is 37.7 Å². The van der Waals surface area contributed by atoms with Gasteiger partial charge in [-0.15, -0.1) is 0 Å². The van der Waals surface area contributed by atoms with Crippen LogP contribution < -0.4 is 0 Å². The Morgan fingerprint density at radius 2 is 1.91 bits per heavy atom. The molecule has 2 aliphatic carbocycles. The summed E-state index contributed by atoms with van der Waals surface area (Å²) in [6, 6.07) is 8.42. The summed E-state index contributed by atoms with van der Waals surface area (Å²) in [6.07, 6.45) is 7.47. The van der Waals surface area contributed by atoms with E-state index < -0.39 is 5.60 Å². The Morgan fingerprint density at radius 1 is 1.09 bits per heavy atom. The number of piperidine rings is 1. The van der Waals surface area contributed by atoms with Crippen molar-refractivity contribution in [1.82, 2.24) is 4.90 Å². The van der Waals surface area contributed by atoms with Crippen LogP contribution in [0.5, 0.6) is 0 Å². The molecule has 1 aromatic carbocycles. The molecule has 4 rings (SSSR count). The summed E-state index contributed by atoms with van der Waals surface area (Å²) in [7, 11) is 0. The molecule has 0 bridgehead atoms. The maximum absolute atomic E-state index is 11.4. The number of nitrogens with zero attached hydrogens (tertiary/aromatic N) is 1. The maximum Gasteiger partial charge on any atom is 0.154 e. The lowest BCUT2D eigenvalue weighted by molar-refractivity contribution is 0.0449. The van der Waals surface area contributed by atoms with E-state index in [0.29, 0.717) is 11.8 Å². The molecule has 1 saturated carbocycles. The number of likely N-dealkylation sites (tertiary alicyclic amines) is 1. The van der Waals surface area contributed by atoms with Crippen molar-refractivity contribution in [2.24, 2.45) is 5.92 Å². The number of fused-ring (bicyclic) bond motifs is 3. The molecule has 0 unspecified atom stereocenters. The summed E-state index contributed by atoms with van der Waals surface area (Å²) in [5.74, 6) is 7.44. The van der Waals surface area contributed by atoms with Gasteiger partial charge in [-0.05, 0) is 55.8 Å². The van der Waals surface area contributed by atoms with Gasteiger partial charge in [-0.3, -0.25) is 4.90 Å². The highest BCUT2D eigenvalue weighted by atomic mass is 16.3. The fraction of sp³-hybridized carbons (Fsp3) is 0.600. The zero-order valence-corrected chi connectivity index (χ0v) is 13.2. The minimum absolute atomic E-state index is 0.304. The maximum atomic E-state index is 11.4. The third-order valence-corrected chi connectivity index (χ3v) is 5.85. The van der Waals surface area contributed by atoms with Crippen LogP contribution in [0, 0.1) is 17.8 Å². The van der Waals surface area contributed by atoms with Crippen LogP contribution in [0.25, 0.3) is 0 Å². The van der Waals surface area contributed by atoms with E-state index in [-0.39, 0.29) is 0 Å². The van der Waals surface area contributed by atoms with Crippen LogP contribution in [0.3, 0.4) is 0 Å². The van der Waals surface area contributed by atoms with E-state index in [0.717, 1.165) is 31.6 Å². The van der Waals surface area contributed by atoms with Crippen molar-refractivity contribution in [2.45, 2.75) is 50.0 Å². The van der Waals surface area contributed by atoms with Gasteiger partial charge >= 0.3 is 0 Å². The van der Waals surface area contributed by atoms with E-state index in [9.17, 15) is 5.11 Å². The van der Waals surface area contributed by atoms with E-state index in [1.54, 1.807) is 0 Å². The predicted octanol–water partition coefficient (Wildman–Crippen LogP) is 3.26. The topological polar surface area (TPSA) is 23.5 Å². The fourth-order valence-corrected chi connectivity index (χ4v) is 4.76. The van der Waals surface area contributed by atoms with Crippen molar-refractivity contribution in [1.29, 1.82) is 0 Å². The molecule has 3 atom stereocenters. The van der Waals surface area contributed by atoms with Crippen LogP contribution in [0.4, 0.5) is 0 Å². The van der Waals surface area contributed by atoms with Gasteiger partial charge in [-0.25, -0.2) is 0 Å². The third-order valence-electron chi connectivity index (χ3n) is 5.85. The van der Waals surface area contributed by atoms with Crippen molar-refractivity contribution in [3.63, 3.8) is 0 Å². The average Bonchev–Trinajstić information content (AvgIpc) is 3.13. The van der Waals surface area contributed by atoms with Crippen molar-refractivity contribution in [3.8, 4) is 11.8 Å². The molecule has 0 radical (unpaired) electrons. The average molecular weight is 295 g/mol. The highest BCUT2D eigenvalue weighted by Gasteiger charge is 2.51. The first-order valence-electron chi connectivity index (χ1n) is 8.83. The van der Waals surface area contributed by atoms with Gasteiger partial charge in [0.15, 0.2) is 5.60 Å². The van der Waals surface area contributed by atoms with E-state index >= 15 is 0 Å². The highest BCUT2D eigenvalue weighted by Crippen LogP contribution is 2.56. The Balaban J connectivity index is 1.59. The summed E-state index contributed by atoms with van der Waals surface area (Å²) >= 11 is 0. The van der Waals surface area contributed by atoms with Crippen LogP contribution in [-0.2, 0) is 5.60 Å². The number of benzene rings is 1.